The van der Waals surface area contributed by atoms with Gasteiger partial charge in [0.2, 0.25) is 0 Å². The van der Waals surface area contributed by atoms with Crippen molar-refractivity contribution >= 4 is 5.91 Å². The van der Waals surface area contributed by atoms with Crippen LogP contribution in [0.15, 0.2) is 18.2 Å². The Balaban J connectivity index is 2.61. The lowest BCUT2D eigenvalue weighted by atomic mass is 10.2. The fourth-order valence-electron chi connectivity index (χ4n) is 1.60. The number of carbonyl (C=O) groups excluding carboxylic acids is 1. The predicted molar refractivity (Wildman–Crippen MR) is 67.7 cm³/mol. The number of hydrogen-bond acceptors (Lipinski definition) is 3. The summed E-state index contributed by atoms with van der Waals surface area (Å²) >= 11 is 0. The van der Waals surface area contributed by atoms with Gasteiger partial charge in [-0.15, -0.1) is 0 Å². The summed E-state index contributed by atoms with van der Waals surface area (Å²) in [5.41, 5.74) is 6.09. The zero-order valence-electron chi connectivity index (χ0n) is 10.8. The summed E-state index contributed by atoms with van der Waals surface area (Å²) in [6.45, 7) is 5.13. The minimum absolute atomic E-state index is 0.0766. The minimum Gasteiger partial charge on any atom is -0.481 e. The second-order valence-corrected chi connectivity index (χ2v) is 3.82. The van der Waals surface area contributed by atoms with Gasteiger partial charge in [-0.25, -0.2) is 4.39 Å². The first-order valence-corrected chi connectivity index (χ1v) is 6.01. The molecule has 2 N–H and O–H groups in total. The maximum absolute atomic E-state index is 13.5. The zero-order chi connectivity index (χ0) is 13.5. The topological polar surface area (TPSA) is 55.6 Å². The summed E-state index contributed by atoms with van der Waals surface area (Å²) in [6.07, 6.45) is 0. The first kappa shape index (κ1) is 14.4. The SMILES string of the molecule is CCN(CC)C(=O)COc1ccc(CN)cc1F. The number of halogens is 1. The highest BCUT2D eigenvalue weighted by atomic mass is 19.1. The Kier molecular flexibility index (Phi) is 5.58. The van der Waals surface area contributed by atoms with Crippen LogP contribution in [0.4, 0.5) is 4.39 Å². The second-order valence-electron chi connectivity index (χ2n) is 3.82. The Morgan fingerprint density at radius 1 is 1.39 bits per heavy atom. The molecule has 1 amide bonds. The van der Waals surface area contributed by atoms with Crippen molar-refractivity contribution in [2.24, 2.45) is 5.73 Å². The molecule has 0 unspecified atom stereocenters. The van der Waals surface area contributed by atoms with E-state index in [0.717, 1.165) is 0 Å². The molecule has 0 saturated carbocycles. The lowest BCUT2D eigenvalue weighted by Crippen LogP contribution is -2.34. The van der Waals surface area contributed by atoms with Crippen molar-refractivity contribution in [1.82, 2.24) is 4.90 Å². The number of benzene rings is 1. The number of nitrogens with zero attached hydrogens (tertiary/aromatic N) is 1. The molecule has 5 heteroatoms. The Morgan fingerprint density at radius 2 is 2.06 bits per heavy atom. The highest BCUT2D eigenvalue weighted by molar-refractivity contribution is 5.77. The third-order valence-corrected chi connectivity index (χ3v) is 2.70. The van der Waals surface area contributed by atoms with Crippen LogP contribution < -0.4 is 10.5 Å². The maximum Gasteiger partial charge on any atom is 0.260 e. The van der Waals surface area contributed by atoms with Gasteiger partial charge in [0, 0.05) is 19.6 Å². The number of hydrogen-bond donors (Lipinski definition) is 1. The largest absolute Gasteiger partial charge is 0.481 e. The van der Waals surface area contributed by atoms with Crippen LogP contribution in [0.1, 0.15) is 19.4 Å². The van der Waals surface area contributed by atoms with E-state index in [2.05, 4.69) is 0 Å². The van der Waals surface area contributed by atoms with E-state index in [1.54, 1.807) is 11.0 Å². The van der Waals surface area contributed by atoms with Crippen molar-refractivity contribution < 1.29 is 13.9 Å². The molecule has 0 heterocycles. The summed E-state index contributed by atoms with van der Waals surface area (Å²) in [7, 11) is 0. The molecule has 0 aliphatic heterocycles. The number of carbonyl (C=O) groups is 1. The molecule has 1 aromatic carbocycles. The lowest BCUT2D eigenvalue weighted by molar-refractivity contribution is -0.133. The van der Waals surface area contributed by atoms with E-state index in [1.807, 2.05) is 13.8 Å². The van der Waals surface area contributed by atoms with Gasteiger partial charge in [-0.3, -0.25) is 4.79 Å². The van der Waals surface area contributed by atoms with Crippen LogP contribution in [0.2, 0.25) is 0 Å². The van der Waals surface area contributed by atoms with Crippen LogP contribution in [0.3, 0.4) is 0 Å². The van der Waals surface area contributed by atoms with Gasteiger partial charge in [0.25, 0.3) is 5.91 Å². The molecule has 0 bridgehead atoms. The van der Waals surface area contributed by atoms with Gasteiger partial charge >= 0.3 is 0 Å². The molecule has 0 radical (unpaired) electrons. The fraction of sp³-hybridized carbons (Fsp3) is 0.462. The maximum atomic E-state index is 13.5. The van der Waals surface area contributed by atoms with Crippen molar-refractivity contribution in [3.63, 3.8) is 0 Å². The molecule has 0 aliphatic carbocycles. The zero-order valence-corrected chi connectivity index (χ0v) is 10.8. The molecule has 100 valence electrons. The van der Waals surface area contributed by atoms with Gasteiger partial charge in [-0.05, 0) is 31.5 Å². The highest BCUT2D eigenvalue weighted by Gasteiger charge is 2.12. The lowest BCUT2D eigenvalue weighted by Gasteiger charge is -2.18. The van der Waals surface area contributed by atoms with E-state index in [1.165, 1.54) is 12.1 Å². The third-order valence-electron chi connectivity index (χ3n) is 2.70. The van der Waals surface area contributed by atoms with Crippen molar-refractivity contribution in [2.45, 2.75) is 20.4 Å². The molecular weight excluding hydrogens is 235 g/mol. The van der Waals surface area contributed by atoms with Crippen LogP contribution in [0, 0.1) is 5.82 Å². The van der Waals surface area contributed by atoms with E-state index < -0.39 is 5.82 Å². The number of ether oxygens (including phenoxy) is 1. The van der Waals surface area contributed by atoms with E-state index in [9.17, 15) is 9.18 Å². The third kappa shape index (κ3) is 3.70. The summed E-state index contributed by atoms with van der Waals surface area (Å²) < 4.78 is 18.7. The van der Waals surface area contributed by atoms with Crippen LogP contribution >= 0.6 is 0 Å². The Morgan fingerprint density at radius 3 is 2.56 bits per heavy atom. The van der Waals surface area contributed by atoms with Gasteiger partial charge in [0.05, 0.1) is 0 Å². The monoisotopic (exact) mass is 254 g/mol. The van der Waals surface area contributed by atoms with E-state index in [-0.39, 0.29) is 24.8 Å². The van der Waals surface area contributed by atoms with Gasteiger partial charge in [-0.1, -0.05) is 6.07 Å². The number of likely N-dealkylation sites (N-methyl/N-ethyl adjacent to an activating group) is 1. The molecular formula is C13H19FN2O2. The Hall–Kier alpha value is -1.62. The Bertz CT molecular complexity index is 406. The molecule has 0 aromatic heterocycles. The highest BCUT2D eigenvalue weighted by Crippen LogP contribution is 2.18. The quantitative estimate of drug-likeness (QED) is 0.837. The van der Waals surface area contributed by atoms with E-state index in [4.69, 9.17) is 10.5 Å². The predicted octanol–water partition coefficient (Wildman–Crippen LogP) is 1.53. The molecule has 0 fully saturated rings. The summed E-state index contributed by atoms with van der Waals surface area (Å²) in [5.74, 6) is -0.569. The summed E-state index contributed by atoms with van der Waals surface area (Å²) in [4.78, 5) is 13.3. The van der Waals surface area contributed by atoms with Gasteiger partial charge in [-0.2, -0.15) is 0 Å². The molecule has 0 aliphatic rings. The van der Waals surface area contributed by atoms with Crippen molar-refractivity contribution in [2.75, 3.05) is 19.7 Å². The molecule has 0 atom stereocenters. The standard InChI is InChI=1S/C13H19FN2O2/c1-3-16(4-2)13(17)9-18-12-6-5-10(8-15)7-11(12)14/h5-7H,3-4,8-9,15H2,1-2H3. The summed E-state index contributed by atoms with van der Waals surface area (Å²) in [5, 5.41) is 0. The summed E-state index contributed by atoms with van der Waals surface area (Å²) in [6, 6.07) is 4.49. The van der Waals surface area contributed by atoms with Gasteiger partial charge in [0.1, 0.15) is 0 Å². The Labute approximate surface area is 107 Å². The smallest absolute Gasteiger partial charge is 0.260 e. The minimum atomic E-state index is -0.495. The fourth-order valence-corrected chi connectivity index (χ4v) is 1.60. The van der Waals surface area contributed by atoms with Crippen molar-refractivity contribution in [3.8, 4) is 5.75 Å². The molecule has 18 heavy (non-hydrogen) atoms. The first-order valence-electron chi connectivity index (χ1n) is 6.01. The van der Waals surface area contributed by atoms with Crippen LogP contribution in [-0.4, -0.2) is 30.5 Å². The molecule has 0 spiro atoms. The van der Waals surface area contributed by atoms with Crippen LogP contribution in [0.5, 0.6) is 5.75 Å². The normalized spacial score (nSPS) is 10.2. The average molecular weight is 254 g/mol. The molecule has 0 saturated heterocycles. The van der Waals surface area contributed by atoms with E-state index in [0.29, 0.717) is 18.7 Å². The average Bonchev–Trinajstić information content (AvgIpc) is 2.38. The second kappa shape index (κ2) is 6.96. The van der Waals surface area contributed by atoms with Gasteiger partial charge in [0.15, 0.2) is 18.2 Å². The number of rotatable bonds is 6. The molecule has 1 aromatic rings. The molecule has 1 rings (SSSR count). The van der Waals surface area contributed by atoms with Gasteiger partial charge < -0.3 is 15.4 Å². The molecule has 4 nitrogen and oxygen atoms in total. The first-order chi connectivity index (χ1) is 8.62. The van der Waals surface area contributed by atoms with Crippen LogP contribution in [-0.2, 0) is 11.3 Å². The van der Waals surface area contributed by atoms with Crippen molar-refractivity contribution in [1.29, 1.82) is 0 Å². The van der Waals surface area contributed by atoms with Crippen molar-refractivity contribution in [3.05, 3.63) is 29.6 Å². The van der Waals surface area contributed by atoms with E-state index >= 15 is 0 Å². The number of amides is 1. The number of nitrogens with two attached hydrogens (primary N) is 1. The van der Waals surface area contributed by atoms with Crippen LogP contribution in [0.25, 0.3) is 0 Å².